The van der Waals surface area contributed by atoms with E-state index in [2.05, 4.69) is 10.9 Å². The van der Waals surface area contributed by atoms with Crippen molar-refractivity contribution in [2.24, 2.45) is 11.7 Å². The molecule has 0 aromatic rings. The van der Waals surface area contributed by atoms with Gasteiger partial charge in [0.1, 0.15) is 0 Å². The Balaban J connectivity index is 2.69. The van der Waals surface area contributed by atoms with Gasteiger partial charge in [0.15, 0.2) is 0 Å². The van der Waals surface area contributed by atoms with Crippen molar-refractivity contribution >= 4 is 0 Å². The lowest BCUT2D eigenvalue weighted by Gasteiger charge is -2.00. The molecule has 0 heterocycles. The predicted octanol–water partition coefficient (Wildman–Crippen LogP) is -0.136. The summed E-state index contributed by atoms with van der Waals surface area (Å²) in [6, 6.07) is 0. The highest BCUT2D eigenvalue weighted by molar-refractivity contribution is 4.46. The first-order valence-corrected chi connectivity index (χ1v) is 4.28. The largest absolute Gasteiger partial charge is 0.271 e. The Morgan fingerprint density at radius 1 is 0.636 bits per heavy atom. The first-order valence-electron chi connectivity index (χ1n) is 4.28. The molecule has 0 fully saturated rings. The molecule has 0 aliphatic rings. The molecule has 0 rings (SSSR count). The van der Waals surface area contributed by atoms with Crippen molar-refractivity contribution in [1.82, 2.24) is 10.9 Å². The topological polar surface area (TPSA) is 76.1 Å². The van der Waals surface area contributed by atoms with Crippen LogP contribution in [0.15, 0.2) is 0 Å². The Kier molecular flexibility index (Phi) is 9.70. The monoisotopic (exact) mass is 160 g/mol. The minimum absolute atomic E-state index is 0.926. The Morgan fingerprint density at radius 3 is 1.36 bits per heavy atom. The molecule has 0 saturated carbocycles. The lowest BCUT2D eigenvalue weighted by molar-refractivity contribution is 0.567. The van der Waals surface area contributed by atoms with Gasteiger partial charge < -0.3 is 0 Å². The third-order valence-corrected chi connectivity index (χ3v) is 1.64. The smallest absolute Gasteiger partial charge is 0.00974 e. The molecule has 0 bridgehead atoms. The van der Waals surface area contributed by atoms with Crippen molar-refractivity contribution < 1.29 is 0 Å². The van der Waals surface area contributed by atoms with Crippen LogP contribution in [0.3, 0.4) is 0 Å². The summed E-state index contributed by atoms with van der Waals surface area (Å²) in [6.45, 7) is 1.85. The highest BCUT2D eigenvalue weighted by atomic mass is 15.2. The van der Waals surface area contributed by atoms with Gasteiger partial charge >= 0.3 is 0 Å². The van der Waals surface area contributed by atoms with Crippen LogP contribution < -0.4 is 22.5 Å². The maximum Gasteiger partial charge on any atom is 0.00974 e. The summed E-state index contributed by atoms with van der Waals surface area (Å²) in [5.74, 6) is 10.2. The van der Waals surface area contributed by atoms with Crippen molar-refractivity contribution in [3.8, 4) is 0 Å². The van der Waals surface area contributed by atoms with Gasteiger partial charge in [0.2, 0.25) is 0 Å². The van der Waals surface area contributed by atoms with Gasteiger partial charge in [0.05, 0.1) is 0 Å². The van der Waals surface area contributed by atoms with E-state index in [9.17, 15) is 0 Å². The van der Waals surface area contributed by atoms with E-state index in [0.29, 0.717) is 0 Å². The molecule has 0 amide bonds. The summed E-state index contributed by atoms with van der Waals surface area (Å²) in [4.78, 5) is 0. The summed E-state index contributed by atoms with van der Waals surface area (Å²) in [7, 11) is 0. The Hall–Kier alpha value is -0.160. The van der Waals surface area contributed by atoms with E-state index >= 15 is 0 Å². The molecule has 0 aromatic carbocycles. The Bertz CT molecular complexity index is 59.5. The quantitative estimate of drug-likeness (QED) is 0.226. The van der Waals surface area contributed by atoms with E-state index in [4.69, 9.17) is 11.7 Å². The van der Waals surface area contributed by atoms with Crippen LogP contribution in [-0.2, 0) is 0 Å². The molecule has 0 spiro atoms. The van der Waals surface area contributed by atoms with E-state index in [1.54, 1.807) is 0 Å². The second-order valence-corrected chi connectivity index (χ2v) is 2.68. The molecule has 6 N–H and O–H groups in total. The first-order chi connectivity index (χ1) is 5.41. The van der Waals surface area contributed by atoms with Gasteiger partial charge in [-0.25, -0.2) is 0 Å². The Labute approximate surface area is 68.6 Å². The minimum atomic E-state index is 0.926. The van der Waals surface area contributed by atoms with Crippen molar-refractivity contribution in [2.45, 2.75) is 32.1 Å². The summed E-state index contributed by atoms with van der Waals surface area (Å²) < 4.78 is 0. The molecule has 0 aliphatic carbocycles. The predicted molar refractivity (Wildman–Crippen MR) is 47.5 cm³/mol. The average Bonchev–Trinajstić information content (AvgIpc) is 2.03. The fraction of sp³-hybridized carbons (Fsp3) is 1.00. The molecule has 0 atom stereocenters. The van der Waals surface area contributed by atoms with Gasteiger partial charge in [-0.05, 0) is 12.8 Å². The average molecular weight is 160 g/mol. The second-order valence-electron chi connectivity index (χ2n) is 2.68. The zero-order chi connectivity index (χ0) is 8.36. The van der Waals surface area contributed by atoms with Gasteiger partial charge in [0.25, 0.3) is 0 Å². The molecule has 4 nitrogen and oxygen atoms in total. The van der Waals surface area contributed by atoms with E-state index in [1.807, 2.05) is 0 Å². The van der Waals surface area contributed by atoms with Crippen LogP contribution in [0, 0.1) is 0 Å². The zero-order valence-electron chi connectivity index (χ0n) is 7.10. The molecule has 0 aliphatic heterocycles. The van der Waals surface area contributed by atoms with Gasteiger partial charge in [0, 0.05) is 13.1 Å². The van der Waals surface area contributed by atoms with Crippen molar-refractivity contribution in [2.75, 3.05) is 13.1 Å². The number of hydrazine groups is 2. The second kappa shape index (κ2) is 9.84. The summed E-state index contributed by atoms with van der Waals surface area (Å²) in [6.07, 6.45) is 6.14. The summed E-state index contributed by atoms with van der Waals surface area (Å²) in [5.41, 5.74) is 5.27. The lowest BCUT2D eigenvalue weighted by atomic mass is 10.1. The number of unbranched alkanes of at least 4 members (excludes halogenated alkanes) is 4. The van der Waals surface area contributed by atoms with E-state index in [1.165, 1.54) is 32.1 Å². The van der Waals surface area contributed by atoms with Crippen LogP contribution in [0.25, 0.3) is 0 Å². The molecule has 4 heteroatoms. The van der Waals surface area contributed by atoms with Crippen molar-refractivity contribution in [3.05, 3.63) is 0 Å². The fourth-order valence-electron chi connectivity index (χ4n) is 0.984. The highest BCUT2D eigenvalue weighted by Crippen LogP contribution is 2.00. The number of nitrogens with one attached hydrogen (secondary N) is 2. The lowest BCUT2D eigenvalue weighted by Crippen LogP contribution is -2.23. The van der Waals surface area contributed by atoms with Gasteiger partial charge in [-0.2, -0.15) is 0 Å². The third-order valence-electron chi connectivity index (χ3n) is 1.64. The van der Waals surface area contributed by atoms with Crippen LogP contribution in [-0.4, -0.2) is 13.1 Å². The van der Waals surface area contributed by atoms with Crippen LogP contribution in [0.4, 0.5) is 0 Å². The van der Waals surface area contributed by atoms with Crippen molar-refractivity contribution in [1.29, 1.82) is 0 Å². The van der Waals surface area contributed by atoms with Gasteiger partial charge in [-0.3, -0.25) is 22.5 Å². The maximum atomic E-state index is 5.11. The van der Waals surface area contributed by atoms with Gasteiger partial charge in [-0.1, -0.05) is 19.3 Å². The minimum Gasteiger partial charge on any atom is -0.271 e. The molecular weight excluding hydrogens is 140 g/mol. The summed E-state index contributed by atoms with van der Waals surface area (Å²) >= 11 is 0. The van der Waals surface area contributed by atoms with Crippen molar-refractivity contribution in [3.63, 3.8) is 0 Å². The first kappa shape index (κ1) is 10.8. The van der Waals surface area contributed by atoms with E-state index in [0.717, 1.165) is 13.1 Å². The standard InChI is InChI=1S/C7H20N4/c8-10-6-4-2-1-3-5-7-11-9/h10-11H,1-9H2. The summed E-state index contributed by atoms with van der Waals surface area (Å²) in [5, 5.41) is 0. The molecule has 11 heavy (non-hydrogen) atoms. The molecule has 0 saturated heterocycles. The number of hydrogen-bond acceptors (Lipinski definition) is 4. The number of hydrogen-bond donors (Lipinski definition) is 4. The molecular formula is C7H20N4. The Morgan fingerprint density at radius 2 is 1.00 bits per heavy atom. The third kappa shape index (κ3) is 9.84. The number of nitrogens with two attached hydrogens (primary N) is 2. The molecule has 0 unspecified atom stereocenters. The highest BCUT2D eigenvalue weighted by Gasteiger charge is 1.88. The fourth-order valence-corrected chi connectivity index (χ4v) is 0.984. The van der Waals surface area contributed by atoms with Crippen LogP contribution in [0.1, 0.15) is 32.1 Å². The zero-order valence-corrected chi connectivity index (χ0v) is 7.10. The van der Waals surface area contributed by atoms with E-state index < -0.39 is 0 Å². The van der Waals surface area contributed by atoms with Crippen LogP contribution in [0.5, 0.6) is 0 Å². The SMILES string of the molecule is NNCCCCCCCNN. The normalized spacial score (nSPS) is 10.4. The van der Waals surface area contributed by atoms with Crippen LogP contribution >= 0.6 is 0 Å². The maximum absolute atomic E-state index is 5.11. The molecule has 0 aromatic heterocycles. The molecule has 0 radical (unpaired) electrons. The van der Waals surface area contributed by atoms with Crippen LogP contribution in [0.2, 0.25) is 0 Å². The van der Waals surface area contributed by atoms with E-state index in [-0.39, 0.29) is 0 Å². The molecule has 68 valence electrons. The van der Waals surface area contributed by atoms with Gasteiger partial charge in [-0.15, -0.1) is 0 Å². The number of rotatable bonds is 8.